The molecular weight excluding hydrogens is 368 g/mol. The number of ether oxygens (including phenoxy) is 1. The molecule has 1 aliphatic heterocycles. The van der Waals surface area contributed by atoms with Crippen LogP contribution in [0.3, 0.4) is 0 Å². The van der Waals surface area contributed by atoms with Crippen LogP contribution in [0.5, 0.6) is 5.75 Å². The Hall–Kier alpha value is -2.87. The standard InChI is InChI=1S/C18H19ClN6O2/c1-27-15-3-2-13(10-14(15)19)21-18(26)12-6-8-24(9-7-12)17-5-4-16-22-20-11-25(16)23-17/h2-5,10-12H,6-9H2,1H3,(H,21,26). The second-order valence-electron chi connectivity index (χ2n) is 6.43. The number of carbonyl (C=O) groups excluding carboxylic acids is 1. The first-order valence-corrected chi connectivity index (χ1v) is 9.08. The van der Waals surface area contributed by atoms with Gasteiger partial charge in [-0.25, -0.2) is 0 Å². The summed E-state index contributed by atoms with van der Waals surface area (Å²) >= 11 is 6.12. The molecule has 0 atom stereocenters. The van der Waals surface area contributed by atoms with Crippen molar-refractivity contribution in [1.29, 1.82) is 0 Å². The molecule has 1 saturated heterocycles. The number of nitrogens with one attached hydrogen (secondary N) is 1. The Kier molecular flexibility index (Phi) is 4.81. The second-order valence-corrected chi connectivity index (χ2v) is 6.83. The molecule has 0 spiro atoms. The van der Waals surface area contributed by atoms with Gasteiger partial charge in [0.1, 0.15) is 17.9 Å². The minimum Gasteiger partial charge on any atom is -0.495 e. The summed E-state index contributed by atoms with van der Waals surface area (Å²) in [6.45, 7) is 1.53. The van der Waals surface area contributed by atoms with Crippen LogP contribution in [0.2, 0.25) is 5.02 Å². The maximum atomic E-state index is 12.6. The van der Waals surface area contributed by atoms with E-state index in [1.54, 1.807) is 36.2 Å². The zero-order valence-corrected chi connectivity index (χ0v) is 15.6. The summed E-state index contributed by atoms with van der Waals surface area (Å²) in [7, 11) is 1.56. The SMILES string of the molecule is COc1ccc(NC(=O)C2CCN(c3ccc4nncn4n3)CC2)cc1Cl. The summed E-state index contributed by atoms with van der Waals surface area (Å²) in [5.41, 5.74) is 1.39. The number of nitrogens with zero attached hydrogens (tertiary/aromatic N) is 5. The Morgan fingerprint density at radius 1 is 1.26 bits per heavy atom. The molecule has 1 aromatic carbocycles. The molecule has 0 bridgehead atoms. The molecule has 9 heteroatoms. The minimum atomic E-state index is -0.0410. The maximum Gasteiger partial charge on any atom is 0.227 e. The molecule has 140 valence electrons. The molecule has 2 aromatic heterocycles. The number of hydrogen-bond donors (Lipinski definition) is 1. The lowest BCUT2D eigenvalue weighted by atomic mass is 9.96. The van der Waals surface area contributed by atoms with Gasteiger partial charge < -0.3 is 15.0 Å². The molecule has 0 saturated carbocycles. The minimum absolute atomic E-state index is 0.0121. The average molecular weight is 387 g/mol. The highest BCUT2D eigenvalue weighted by molar-refractivity contribution is 6.32. The highest BCUT2D eigenvalue weighted by atomic mass is 35.5. The van der Waals surface area contributed by atoms with Crippen molar-refractivity contribution < 1.29 is 9.53 Å². The van der Waals surface area contributed by atoms with E-state index in [2.05, 4.69) is 25.5 Å². The van der Waals surface area contributed by atoms with Gasteiger partial charge in [-0.1, -0.05) is 11.6 Å². The van der Waals surface area contributed by atoms with Crippen LogP contribution in [0.1, 0.15) is 12.8 Å². The smallest absolute Gasteiger partial charge is 0.227 e. The van der Waals surface area contributed by atoms with Crippen molar-refractivity contribution in [3.63, 3.8) is 0 Å². The van der Waals surface area contributed by atoms with Crippen molar-refractivity contribution in [2.75, 3.05) is 30.4 Å². The number of benzene rings is 1. The number of carbonyl (C=O) groups is 1. The van der Waals surface area contributed by atoms with E-state index in [-0.39, 0.29) is 11.8 Å². The first-order valence-electron chi connectivity index (χ1n) is 8.70. The van der Waals surface area contributed by atoms with Gasteiger partial charge in [-0.3, -0.25) is 4.79 Å². The van der Waals surface area contributed by atoms with Gasteiger partial charge in [-0.2, -0.15) is 4.52 Å². The fourth-order valence-electron chi connectivity index (χ4n) is 3.25. The van der Waals surface area contributed by atoms with E-state index in [0.717, 1.165) is 31.7 Å². The summed E-state index contributed by atoms with van der Waals surface area (Å²) in [5.74, 6) is 1.42. The molecule has 3 aromatic rings. The highest BCUT2D eigenvalue weighted by Crippen LogP contribution is 2.28. The lowest BCUT2D eigenvalue weighted by Crippen LogP contribution is -2.38. The van der Waals surface area contributed by atoms with E-state index >= 15 is 0 Å². The molecule has 0 radical (unpaired) electrons. The number of rotatable bonds is 4. The fourth-order valence-corrected chi connectivity index (χ4v) is 3.50. The normalized spacial score (nSPS) is 15.1. The van der Waals surface area contributed by atoms with Crippen LogP contribution in [0, 0.1) is 5.92 Å². The first-order chi connectivity index (χ1) is 13.1. The lowest BCUT2D eigenvalue weighted by Gasteiger charge is -2.32. The third-order valence-electron chi connectivity index (χ3n) is 4.76. The van der Waals surface area contributed by atoms with Gasteiger partial charge >= 0.3 is 0 Å². The quantitative estimate of drug-likeness (QED) is 0.742. The third-order valence-corrected chi connectivity index (χ3v) is 5.05. The molecule has 3 heterocycles. The van der Waals surface area contributed by atoms with E-state index in [1.807, 2.05) is 12.1 Å². The predicted molar refractivity (Wildman–Crippen MR) is 102 cm³/mol. The van der Waals surface area contributed by atoms with E-state index < -0.39 is 0 Å². The number of amides is 1. The monoisotopic (exact) mass is 386 g/mol. The van der Waals surface area contributed by atoms with Gasteiger partial charge in [0.05, 0.1) is 12.1 Å². The Balaban J connectivity index is 1.36. The van der Waals surface area contributed by atoms with Crippen LogP contribution in [-0.2, 0) is 4.79 Å². The summed E-state index contributed by atoms with van der Waals surface area (Å²) in [6.07, 6.45) is 3.11. The van der Waals surface area contributed by atoms with Crippen molar-refractivity contribution in [1.82, 2.24) is 19.8 Å². The zero-order chi connectivity index (χ0) is 18.8. The van der Waals surface area contributed by atoms with Crippen LogP contribution in [0.4, 0.5) is 11.5 Å². The largest absolute Gasteiger partial charge is 0.495 e. The zero-order valence-electron chi connectivity index (χ0n) is 14.8. The lowest BCUT2D eigenvalue weighted by molar-refractivity contribution is -0.120. The van der Waals surface area contributed by atoms with E-state index in [4.69, 9.17) is 16.3 Å². The van der Waals surface area contributed by atoms with Gasteiger partial charge in [0.25, 0.3) is 0 Å². The Morgan fingerprint density at radius 2 is 2.07 bits per heavy atom. The molecule has 1 amide bonds. The van der Waals surface area contributed by atoms with Crippen LogP contribution >= 0.6 is 11.6 Å². The summed E-state index contributed by atoms with van der Waals surface area (Å²) in [4.78, 5) is 14.8. The molecule has 4 rings (SSSR count). The number of halogens is 1. The third kappa shape index (κ3) is 3.66. The highest BCUT2D eigenvalue weighted by Gasteiger charge is 2.26. The van der Waals surface area contributed by atoms with Crippen LogP contribution in [0.15, 0.2) is 36.7 Å². The summed E-state index contributed by atoms with van der Waals surface area (Å²) in [5, 5.41) is 15.7. The van der Waals surface area contributed by atoms with Crippen molar-refractivity contribution >= 4 is 34.7 Å². The van der Waals surface area contributed by atoms with Crippen LogP contribution in [-0.4, -0.2) is 45.9 Å². The van der Waals surface area contributed by atoms with Gasteiger partial charge in [0.15, 0.2) is 5.65 Å². The van der Waals surface area contributed by atoms with E-state index in [0.29, 0.717) is 22.1 Å². The van der Waals surface area contributed by atoms with Crippen molar-refractivity contribution in [3.05, 3.63) is 41.7 Å². The molecule has 1 fully saturated rings. The Labute approximate surface area is 161 Å². The molecule has 27 heavy (non-hydrogen) atoms. The summed E-state index contributed by atoms with van der Waals surface area (Å²) < 4.78 is 6.79. The molecular formula is C18H19ClN6O2. The molecule has 0 aliphatic carbocycles. The summed E-state index contributed by atoms with van der Waals surface area (Å²) in [6, 6.07) is 9.06. The van der Waals surface area contributed by atoms with E-state index in [1.165, 1.54) is 0 Å². The Bertz CT molecular complexity index is 967. The van der Waals surface area contributed by atoms with Crippen molar-refractivity contribution in [2.24, 2.45) is 5.92 Å². The molecule has 1 aliphatic rings. The Morgan fingerprint density at radius 3 is 2.81 bits per heavy atom. The molecule has 8 nitrogen and oxygen atoms in total. The average Bonchev–Trinajstić information content (AvgIpc) is 3.16. The van der Waals surface area contributed by atoms with Gasteiger partial charge in [0, 0.05) is 24.7 Å². The second kappa shape index (κ2) is 7.40. The number of methoxy groups -OCH3 is 1. The number of fused-ring (bicyclic) bond motifs is 1. The van der Waals surface area contributed by atoms with Gasteiger partial charge in [0.2, 0.25) is 5.91 Å². The number of anilines is 2. The van der Waals surface area contributed by atoms with Gasteiger partial charge in [-0.05, 0) is 43.2 Å². The van der Waals surface area contributed by atoms with Crippen LogP contribution in [0.25, 0.3) is 5.65 Å². The molecule has 1 N–H and O–H groups in total. The topological polar surface area (TPSA) is 84.6 Å². The predicted octanol–water partition coefficient (Wildman–Crippen LogP) is 2.64. The van der Waals surface area contributed by atoms with Crippen molar-refractivity contribution in [2.45, 2.75) is 12.8 Å². The number of aromatic nitrogens is 4. The van der Waals surface area contributed by atoms with E-state index in [9.17, 15) is 4.79 Å². The van der Waals surface area contributed by atoms with Crippen molar-refractivity contribution in [3.8, 4) is 5.75 Å². The first kappa shape index (κ1) is 17.5. The van der Waals surface area contributed by atoms with Gasteiger partial charge in [-0.15, -0.1) is 15.3 Å². The van der Waals surface area contributed by atoms with Crippen LogP contribution < -0.4 is 15.0 Å². The number of hydrogen-bond acceptors (Lipinski definition) is 6. The number of piperidine rings is 1. The fraction of sp³-hybridized carbons (Fsp3) is 0.333. The maximum absolute atomic E-state index is 12.6. The molecule has 0 unspecified atom stereocenters.